The van der Waals surface area contributed by atoms with E-state index in [2.05, 4.69) is 11.9 Å². The van der Waals surface area contributed by atoms with Gasteiger partial charge in [-0.25, -0.2) is 0 Å². The lowest BCUT2D eigenvalue weighted by Crippen LogP contribution is -2.42. The zero-order valence-electron chi connectivity index (χ0n) is 13.4. The van der Waals surface area contributed by atoms with Crippen LogP contribution >= 0.6 is 0 Å². The number of amides is 1. The minimum absolute atomic E-state index is 0.00656. The van der Waals surface area contributed by atoms with Crippen LogP contribution in [0.2, 0.25) is 0 Å². The second-order valence-electron chi connectivity index (χ2n) is 6.38. The number of nitrogens with zero attached hydrogens (tertiary/aromatic N) is 2. The van der Waals surface area contributed by atoms with Crippen LogP contribution in [0.4, 0.5) is 0 Å². The number of nitrogens with two attached hydrogens (primary N) is 1. The molecule has 1 aliphatic heterocycles. The highest BCUT2D eigenvalue weighted by atomic mass is 16.2. The number of rotatable bonds is 4. The highest BCUT2D eigenvalue weighted by molar-refractivity contribution is 5.82. The first kappa shape index (κ1) is 16.0. The van der Waals surface area contributed by atoms with Gasteiger partial charge in [0.1, 0.15) is 6.04 Å². The molecule has 4 nitrogen and oxygen atoms in total. The van der Waals surface area contributed by atoms with Gasteiger partial charge in [0.15, 0.2) is 0 Å². The Morgan fingerprint density at radius 2 is 2.10 bits per heavy atom. The minimum Gasteiger partial charge on any atom is -0.344 e. The average Bonchev–Trinajstić information content (AvgIpc) is 2.46. The van der Waals surface area contributed by atoms with Gasteiger partial charge in [-0.15, -0.1) is 0 Å². The molecule has 0 aromatic heterocycles. The monoisotopic (exact) mass is 289 g/mol. The third-order valence-corrected chi connectivity index (χ3v) is 4.33. The van der Waals surface area contributed by atoms with Gasteiger partial charge >= 0.3 is 0 Å². The normalized spacial score (nSPS) is 21.0. The molecule has 2 N–H and O–H groups in total. The Labute approximate surface area is 127 Å². The molecule has 1 aromatic rings. The van der Waals surface area contributed by atoms with E-state index in [1.165, 1.54) is 18.4 Å². The standard InChI is InChI=1S/C17H27N3O/c1-13-6-8-15(9-7-13)16(18)17(21)20(3)12-14-5-4-10-19(2)11-14/h6-9,14,16H,4-5,10-12,18H2,1-3H3. The topological polar surface area (TPSA) is 49.6 Å². The van der Waals surface area contributed by atoms with Gasteiger partial charge in [-0.2, -0.15) is 0 Å². The molecule has 2 unspecified atom stereocenters. The van der Waals surface area contributed by atoms with Crippen LogP contribution in [0.5, 0.6) is 0 Å². The first-order valence-corrected chi connectivity index (χ1v) is 7.73. The Bertz CT molecular complexity index is 471. The highest BCUT2D eigenvalue weighted by Crippen LogP contribution is 2.18. The number of piperidine rings is 1. The number of hydrogen-bond acceptors (Lipinski definition) is 3. The summed E-state index contributed by atoms with van der Waals surface area (Å²) in [6.07, 6.45) is 2.41. The Morgan fingerprint density at radius 1 is 1.43 bits per heavy atom. The molecule has 1 fully saturated rings. The van der Waals surface area contributed by atoms with Crippen molar-refractivity contribution in [2.24, 2.45) is 11.7 Å². The number of hydrogen-bond donors (Lipinski definition) is 1. The fourth-order valence-electron chi connectivity index (χ4n) is 3.05. The zero-order valence-corrected chi connectivity index (χ0v) is 13.4. The summed E-state index contributed by atoms with van der Waals surface area (Å²) in [5, 5.41) is 0. The molecule has 0 saturated carbocycles. The summed E-state index contributed by atoms with van der Waals surface area (Å²) in [4.78, 5) is 16.6. The van der Waals surface area contributed by atoms with Crippen LogP contribution in [0.25, 0.3) is 0 Å². The second kappa shape index (κ2) is 7.05. The van der Waals surface area contributed by atoms with Crippen LogP contribution in [-0.2, 0) is 4.79 Å². The Hall–Kier alpha value is -1.39. The van der Waals surface area contributed by atoms with Gasteiger partial charge in [-0.3, -0.25) is 4.79 Å². The maximum atomic E-state index is 12.5. The van der Waals surface area contributed by atoms with E-state index < -0.39 is 6.04 Å². The fraction of sp³-hybridized carbons (Fsp3) is 0.588. The molecule has 2 atom stereocenters. The Balaban J connectivity index is 1.93. The van der Waals surface area contributed by atoms with Crippen molar-refractivity contribution in [3.63, 3.8) is 0 Å². The van der Waals surface area contributed by atoms with Crippen molar-refractivity contribution in [3.8, 4) is 0 Å². The van der Waals surface area contributed by atoms with Gasteiger partial charge in [-0.05, 0) is 44.8 Å². The molecule has 116 valence electrons. The molecule has 1 aromatic carbocycles. The lowest BCUT2D eigenvalue weighted by Gasteiger charge is -2.33. The molecule has 4 heteroatoms. The molecule has 1 aliphatic rings. The van der Waals surface area contributed by atoms with Crippen molar-refractivity contribution in [2.75, 3.05) is 33.7 Å². The molecule has 0 bridgehead atoms. The largest absolute Gasteiger partial charge is 0.344 e. The first-order chi connectivity index (χ1) is 9.97. The van der Waals surface area contributed by atoms with Gasteiger partial charge in [-0.1, -0.05) is 29.8 Å². The van der Waals surface area contributed by atoms with Gasteiger partial charge in [0.2, 0.25) is 5.91 Å². The molecule has 1 heterocycles. The number of likely N-dealkylation sites (tertiary alicyclic amines) is 1. The Kier molecular flexibility index (Phi) is 5.37. The number of aryl methyl sites for hydroxylation is 1. The van der Waals surface area contributed by atoms with Crippen LogP contribution in [0, 0.1) is 12.8 Å². The van der Waals surface area contributed by atoms with E-state index in [1.54, 1.807) is 4.90 Å². The summed E-state index contributed by atoms with van der Waals surface area (Å²) in [6, 6.07) is 7.33. The van der Waals surface area contributed by atoms with Crippen molar-refractivity contribution >= 4 is 5.91 Å². The van der Waals surface area contributed by atoms with E-state index in [4.69, 9.17) is 5.73 Å². The van der Waals surface area contributed by atoms with Crippen LogP contribution in [0.15, 0.2) is 24.3 Å². The van der Waals surface area contributed by atoms with Gasteiger partial charge in [0.05, 0.1) is 0 Å². The van der Waals surface area contributed by atoms with Crippen molar-refractivity contribution < 1.29 is 4.79 Å². The van der Waals surface area contributed by atoms with Crippen LogP contribution in [0.1, 0.15) is 30.0 Å². The van der Waals surface area contributed by atoms with Crippen molar-refractivity contribution in [1.82, 2.24) is 9.80 Å². The summed E-state index contributed by atoms with van der Waals surface area (Å²) in [6.45, 7) is 5.06. The molecule has 1 amide bonds. The molecule has 1 saturated heterocycles. The van der Waals surface area contributed by atoms with E-state index in [1.807, 2.05) is 38.2 Å². The molecular formula is C17H27N3O. The van der Waals surface area contributed by atoms with Gasteiger partial charge in [0, 0.05) is 20.1 Å². The van der Waals surface area contributed by atoms with E-state index >= 15 is 0 Å². The molecule has 0 radical (unpaired) electrons. The van der Waals surface area contributed by atoms with E-state index in [9.17, 15) is 4.79 Å². The number of carbonyl (C=O) groups is 1. The SMILES string of the molecule is Cc1ccc(C(N)C(=O)N(C)CC2CCCN(C)C2)cc1. The summed E-state index contributed by atoms with van der Waals surface area (Å²) in [5.74, 6) is 0.565. The maximum Gasteiger partial charge on any atom is 0.243 e. The summed E-state index contributed by atoms with van der Waals surface area (Å²) >= 11 is 0. The van der Waals surface area contributed by atoms with Crippen LogP contribution in [0.3, 0.4) is 0 Å². The second-order valence-corrected chi connectivity index (χ2v) is 6.38. The fourth-order valence-corrected chi connectivity index (χ4v) is 3.05. The maximum absolute atomic E-state index is 12.5. The van der Waals surface area contributed by atoms with E-state index in [0.29, 0.717) is 5.92 Å². The highest BCUT2D eigenvalue weighted by Gasteiger charge is 2.24. The van der Waals surface area contributed by atoms with E-state index in [0.717, 1.165) is 25.2 Å². The van der Waals surface area contributed by atoms with Crippen molar-refractivity contribution in [3.05, 3.63) is 35.4 Å². The molecule has 21 heavy (non-hydrogen) atoms. The van der Waals surface area contributed by atoms with Gasteiger partial charge in [0.25, 0.3) is 0 Å². The summed E-state index contributed by atoms with van der Waals surface area (Å²) in [5.41, 5.74) is 8.19. The third kappa shape index (κ3) is 4.29. The summed E-state index contributed by atoms with van der Waals surface area (Å²) < 4.78 is 0. The van der Waals surface area contributed by atoms with Crippen LogP contribution < -0.4 is 5.73 Å². The average molecular weight is 289 g/mol. The van der Waals surface area contributed by atoms with E-state index in [-0.39, 0.29) is 5.91 Å². The molecule has 2 rings (SSSR count). The predicted octanol–water partition coefficient (Wildman–Crippen LogP) is 1.80. The third-order valence-electron chi connectivity index (χ3n) is 4.33. The number of likely N-dealkylation sites (N-methyl/N-ethyl adjacent to an activating group) is 1. The van der Waals surface area contributed by atoms with Gasteiger partial charge < -0.3 is 15.5 Å². The minimum atomic E-state index is -0.558. The molecular weight excluding hydrogens is 262 g/mol. The number of carbonyl (C=O) groups excluding carboxylic acids is 1. The van der Waals surface area contributed by atoms with Crippen molar-refractivity contribution in [2.45, 2.75) is 25.8 Å². The zero-order chi connectivity index (χ0) is 15.4. The smallest absolute Gasteiger partial charge is 0.243 e. The quantitative estimate of drug-likeness (QED) is 0.919. The summed E-state index contributed by atoms with van der Waals surface area (Å²) in [7, 11) is 4.01. The van der Waals surface area contributed by atoms with Crippen LogP contribution in [-0.4, -0.2) is 49.4 Å². The molecule has 0 aliphatic carbocycles. The predicted molar refractivity (Wildman–Crippen MR) is 86.0 cm³/mol. The van der Waals surface area contributed by atoms with Crippen molar-refractivity contribution in [1.29, 1.82) is 0 Å². The lowest BCUT2D eigenvalue weighted by atomic mass is 9.97. The Morgan fingerprint density at radius 3 is 2.71 bits per heavy atom. The lowest BCUT2D eigenvalue weighted by molar-refractivity contribution is -0.132. The first-order valence-electron chi connectivity index (χ1n) is 7.73. The molecule has 0 spiro atoms. The number of benzene rings is 1.